The SMILES string of the molecule is N#Cc1ccc(N)c(SCCCCl)c1. The zero-order valence-corrected chi connectivity index (χ0v) is 9.24. The zero-order chi connectivity index (χ0) is 10.4. The van der Waals surface area contributed by atoms with Crippen LogP contribution in [0.4, 0.5) is 5.69 Å². The lowest BCUT2D eigenvalue weighted by Crippen LogP contribution is -1.90. The van der Waals surface area contributed by atoms with E-state index in [4.69, 9.17) is 22.6 Å². The van der Waals surface area contributed by atoms with Gasteiger partial charge in [-0.3, -0.25) is 0 Å². The lowest BCUT2D eigenvalue weighted by molar-refractivity contribution is 1.11. The number of nitrogens with zero attached hydrogens (tertiary/aromatic N) is 1. The smallest absolute Gasteiger partial charge is 0.0992 e. The number of thioether (sulfide) groups is 1. The fourth-order valence-corrected chi connectivity index (χ4v) is 2.21. The van der Waals surface area contributed by atoms with Crippen LogP contribution in [0.3, 0.4) is 0 Å². The molecule has 0 aliphatic carbocycles. The van der Waals surface area contributed by atoms with E-state index in [1.54, 1.807) is 23.9 Å². The van der Waals surface area contributed by atoms with Gasteiger partial charge >= 0.3 is 0 Å². The minimum absolute atomic E-state index is 0.646. The Morgan fingerprint density at radius 3 is 2.93 bits per heavy atom. The van der Waals surface area contributed by atoms with E-state index in [1.807, 2.05) is 6.07 Å². The molecular weight excluding hydrogens is 216 g/mol. The standard InChI is InChI=1S/C10H11ClN2S/c11-4-1-5-14-10-6-8(7-12)2-3-9(10)13/h2-3,6H,1,4-5,13H2. The summed E-state index contributed by atoms with van der Waals surface area (Å²) in [5.74, 6) is 1.59. The second-order valence-corrected chi connectivity index (χ2v) is 4.27. The third kappa shape index (κ3) is 3.13. The summed E-state index contributed by atoms with van der Waals surface area (Å²) in [6, 6.07) is 7.39. The van der Waals surface area contributed by atoms with Gasteiger partial charge < -0.3 is 5.73 Å². The Morgan fingerprint density at radius 1 is 1.50 bits per heavy atom. The number of anilines is 1. The Balaban J connectivity index is 2.70. The van der Waals surface area contributed by atoms with Gasteiger partial charge in [0.25, 0.3) is 0 Å². The van der Waals surface area contributed by atoms with Gasteiger partial charge in [-0.05, 0) is 30.4 Å². The fourth-order valence-electron chi connectivity index (χ4n) is 0.966. The summed E-state index contributed by atoms with van der Waals surface area (Å²) < 4.78 is 0. The number of nitrogens with two attached hydrogens (primary N) is 1. The van der Waals surface area contributed by atoms with Gasteiger partial charge in [-0.1, -0.05) is 0 Å². The number of nitriles is 1. The number of alkyl halides is 1. The van der Waals surface area contributed by atoms with Crippen molar-refractivity contribution in [3.8, 4) is 6.07 Å². The lowest BCUT2D eigenvalue weighted by atomic mass is 10.2. The van der Waals surface area contributed by atoms with Crippen molar-refractivity contribution in [3.63, 3.8) is 0 Å². The Morgan fingerprint density at radius 2 is 2.29 bits per heavy atom. The molecule has 0 spiro atoms. The van der Waals surface area contributed by atoms with Crippen LogP contribution in [0.2, 0.25) is 0 Å². The Bertz CT molecular complexity index is 346. The quantitative estimate of drug-likeness (QED) is 0.372. The van der Waals surface area contributed by atoms with E-state index < -0.39 is 0 Å². The number of hydrogen-bond donors (Lipinski definition) is 1. The maximum Gasteiger partial charge on any atom is 0.0992 e. The highest BCUT2D eigenvalue weighted by Gasteiger charge is 2.01. The summed E-state index contributed by atoms with van der Waals surface area (Å²) in [5, 5.41) is 8.70. The topological polar surface area (TPSA) is 49.8 Å². The minimum Gasteiger partial charge on any atom is -0.398 e. The van der Waals surface area contributed by atoms with Crippen LogP contribution in [-0.2, 0) is 0 Å². The predicted molar refractivity (Wildman–Crippen MR) is 61.6 cm³/mol. The third-order valence-corrected chi connectivity index (χ3v) is 3.10. The summed E-state index contributed by atoms with van der Waals surface area (Å²) in [6.45, 7) is 0. The van der Waals surface area contributed by atoms with Crippen molar-refractivity contribution in [2.45, 2.75) is 11.3 Å². The molecule has 2 nitrogen and oxygen atoms in total. The van der Waals surface area contributed by atoms with Crippen LogP contribution in [0, 0.1) is 11.3 Å². The number of nitrogen functional groups attached to an aromatic ring is 1. The second kappa shape index (κ2) is 5.79. The molecule has 0 heterocycles. The number of halogens is 1. The molecule has 1 aromatic rings. The summed E-state index contributed by atoms with van der Waals surface area (Å²) in [4.78, 5) is 0.967. The maximum atomic E-state index is 8.70. The van der Waals surface area contributed by atoms with Gasteiger partial charge in [0.15, 0.2) is 0 Å². The summed E-state index contributed by atoms with van der Waals surface area (Å²) >= 11 is 7.21. The van der Waals surface area contributed by atoms with Gasteiger partial charge in [0.1, 0.15) is 0 Å². The number of rotatable bonds is 4. The second-order valence-electron chi connectivity index (χ2n) is 2.76. The fraction of sp³-hybridized carbons (Fsp3) is 0.300. The van der Waals surface area contributed by atoms with E-state index in [9.17, 15) is 0 Å². The van der Waals surface area contributed by atoms with E-state index in [2.05, 4.69) is 6.07 Å². The van der Waals surface area contributed by atoms with Gasteiger partial charge in [0.2, 0.25) is 0 Å². The number of benzene rings is 1. The Kier molecular flexibility index (Phi) is 4.64. The van der Waals surface area contributed by atoms with E-state index in [0.717, 1.165) is 22.8 Å². The molecule has 0 aliphatic heterocycles. The molecule has 4 heteroatoms. The van der Waals surface area contributed by atoms with Crippen LogP contribution in [0.1, 0.15) is 12.0 Å². The highest BCUT2D eigenvalue weighted by molar-refractivity contribution is 7.99. The van der Waals surface area contributed by atoms with E-state index >= 15 is 0 Å². The number of hydrogen-bond acceptors (Lipinski definition) is 3. The van der Waals surface area contributed by atoms with Crippen LogP contribution in [0.15, 0.2) is 23.1 Å². The Labute approximate surface area is 93.1 Å². The first kappa shape index (κ1) is 11.2. The van der Waals surface area contributed by atoms with Gasteiger partial charge in [0, 0.05) is 16.5 Å². The molecule has 0 aliphatic rings. The molecule has 2 N–H and O–H groups in total. The summed E-state index contributed by atoms with van der Waals surface area (Å²) in [7, 11) is 0. The molecule has 0 unspecified atom stereocenters. The molecule has 0 bridgehead atoms. The summed E-state index contributed by atoms with van der Waals surface area (Å²) in [5.41, 5.74) is 7.13. The van der Waals surface area contributed by atoms with Crippen molar-refractivity contribution in [3.05, 3.63) is 23.8 Å². The van der Waals surface area contributed by atoms with E-state index in [-0.39, 0.29) is 0 Å². The molecule has 0 atom stereocenters. The van der Waals surface area contributed by atoms with Crippen LogP contribution >= 0.6 is 23.4 Å². The third-order valence-electron chi connectivity index (χ3n) is 1.68. The molecule has 1 aromatic carbocycles. The van der Waals surface area contributed by atoms with Gasteiger partial charge in [0.05, 0.1) is 11.6 Å². The van der Waals surface area contributed by atoms with Crippen LogP contribution in [0.5, 0.6) is 0 Å². The molecule has 0 radical (unpaired) electrons. The minimum atomic E-state index is 0.646. The highest BCUT2D eigenvalue weighted by Crippen LogP contribution is 2.26. The molecule has 0 saturated heterocycles. The zero-order valence-electron chi connectivity index (χ0n) is 7.66. The van der Waals surface area contributed by atoms with Crippen LogP contribution in [-0.4, -0.2) is 11.6 Å². The van der Waals surface area contributed by atoms with Gasteiger partial charge in [-0.15, -0.1) is 23.4 Å². The first-order chi connectivity index (χ1) is 6.77. The van der Waals surface area contributed by atoms with Gasteiger partial charge in [-0.25, -0.2) is 0 Å². The first-order valence-corrected chi connectivity index (χ1v) is 5.78. The normalized spacial score (nSPS) is 9.71. The summed E-state index contributed by atoms with van der Waals surface area (Å²) in [6.07, 6.45) is 0.947. The predicted octanol–water partition coefficient (Wildman–Crippen LogP) is 2.86. The largest absolute Gasteiger partial charge is 0.398 e. The molecule has 0 saturated carbocycles. The molecule has 0 amide bonds. The van der Waals surface area contributed by atoms with Crippen molar-refractivity contribution in [2.24, 2.45) is 0 Å². The first-order valence-electron chi connectivity index (χ1n) is 4.26. The van der Waals surface area contributed by atoms with Crippen molar-refractivity contribution in [2.75, 3.05) is 17.4 Å². The molecule has 0 aromatic heterocycles. The van der Waals surface area contributed by atoms with Gasteiger partial charge in [-0.2, -0.15) is 5.26 Å². The van der Waals surface area contributed by atoms with E-state index in [0.29, 0.717) is 11.4 Å². The van der Waals surface area contributed by atoms with Crippen LogP contribution < -0.4 is 5.73 Å². The average molecular weight is 227 g/mol. The van der Waals surface area contributed by atoms with Crippen molar-refractivity contribution < 1.29 is 0 Å². The lowest BCUT2D eigenvalue weighted by Gasteiger charge is -2.04. The van der Waals surface area contributed by atoms with Crippen molar-refractivity contribution >= 4 is 29.1 Å². The molecule has 14 heavy (non-hydrogen) atoms. The van der Waals surface area contributed by atoms with E-state index in [1.165, 1.54) is 0 Å². The Hall–Kier alpha value is -0.850. The molecule has 0 fully saturated rings. The monoisotopic (exact) mass is 226 g/mol. The van der Waals surface area contributed by atoms with Crippen molar-refractivity contribution in [1.82, 2.24) is 0 Å². The molecular formula is C10H11ClN2S. The average Bonchev–Trinajstić information content (AvgIpc) is 2.21. The van der Waals surface area contributed by atoms with Crippen molar-refractivity contribution in [1.29, 1.82) is 5.26 Å². The van der Waals surface area contributed by atoms with Crippen LogP contribution in [0.25, 0.3) is 0 Å². The maximum absolute atomic E-state index is 8.70. The highest BCUT2D eigenvalue weighted by atomic mass is 35.5. The molecule has 1 rings (SSSR count). The molecule has 74 valence electrons.